The van der Waals surface area contributed by atoms with Crippen molar-refractivity contribution in [3.8, 4) is 0 Å². The van der Waals surface area contributed by atoms with Crippen molar-refractivity contribution in [3.05, 3.63) is 71.8 Å². The molecule has 0 fully saturated rings. The van der Waals surface area contributed by atoms with Crippen LogP contribution in [0.5, 0.6) is 0 Å². The van der Waals surface area contributed by atoms with Crippen molar-refractivity contribution in [2.24, 2.45) is 0 Å². The van der Waals surface area contributed by atoms with Crippen molar-refractivity contribution >= 4 is 0 Å². The molecule has 0 unspecified atom stereocenters. The van der Waals surface area contributed by atoms with Crippen LogP contribution in [0.3, 0.4) is 0 Å². The summed E-state index contributed by atoms with van der Waals surface area (Å²) in [4.78, 5) is 0. The minimum atomic E-state index is -0.541. The van der Waals surface area contributed by atoms with Crippen LogP contribution in [-0.2, 0) is 22.7 Å². The summed E-state index contributed by atoms with van der Waals surface area (Å²) < 4.78 is 12.3. The Morgan fingerprint density at radius 3 is 1.65 bits per heavy atom. The molecule has 2 aromatic rings. The average molecular weight is 312 g/mol. The Kier molecular flexibility index (Phi) is 7.31. The fourth-order valence-corrected chi connectivity index (χ4v) is 2.50. The first-order chi connectivity index (χ1) is 11.2. The van der Waals surface area contributed by atoms with Crippen molar-refractivity contribution in [2.75, 3.05) is 0 Å². The second-order valence-electron chi connectivity index (χ2n) is 6.14. The minimum absolute atomic E-state index is 0.541. The standard InChI is InChI=1S/C21H28O2/c1-3-4-11-16-21(2,22-17-19-12-7-5-8-13-19)23-18-20-14-9-6-10-15-20/h5-10,12-15H,3-4,11,16-18H2,1-2H3. The van der Waals surface area contributed by atoms with Crippen LogP contribution in [0, 0.1) is 0 Å². The first kappa shape index (κ1) is 17.7. The van der Waals surface area contributed by atoms with E-state index in [1.807, 2.05) is 36.4 Å². The molecule has 0 heterocycles. The Labute approximate surface area is 140 Å². The molecule has 0 amide bonds. The number of rotatable bonds is 10. The molecule has 0 bridgehead atoms. The molecule has 2 nitrogen and oxygen atoms in total. The summed E-state index contributed by atoms with van der Waals surface area (Å²) in [6.07, 6.45) is 4.45. The van der Waals surface area contributed by atoms with Crippen LogP contribution in [0.15, 0.2) is 60.7 Å². The maximum absolute atomic E-state index is 6.16. The Balaban J connectivity index is 1.93. The highest BCUT2D eigenvalue weighted by atomic mass is 16.7. The van der Waals surface area contributed by atoms with Gasteiger partial charge in [-0.15, -0.1) is 0 Å². The average Bonchev–Trinajstić information content (AvgIpc) is 2.61. The predicted molar refractivity (Wildman–Crippen MR) is 95.0 cm³/mol. The smallest absolute Gasteiger partial charge is 0.166 e. The van der Waals surface area contributed by atoms with Gasteiger partial charge in [-0.1, -0.05) is 80.4 Å². The number of hydrogen-bond acceptors (Lipinski definition) is 2. The van der Waals surface area contributed by atoms with Gasteiger partial charge in [0.05, 0.1) is 13.2 Å². The zero-order valence-corrected chi connectivity index (χ0v) is 14.3. The van der Waals surface area contributed by atoms with Gasteiger partial charge in [-0.3, -0.25) is 0 Å². The molecule has 0 atom stereocenters. The van der Waals surface area contributed by atoms with Crippen molar-refractivity contribution in [1.82, 2.24) is 0 Å². The number of benzene rings is 2. The number of ether oxygens (including phenoxy) is 2. The van der Waals surface area contributed by atoms with Gasteiger partial charge in [0, 0.05) is 6.42 Å². The molecule has 0 saturated heterocycles. The third-order valence-electron chi connectivity index (χ3n) is 4.01. The molecular formula is C21H28O2. The summed E-state index contributed by atoms with van der Waals surface area (Å²) >= 11 is 0. The van der Waals surface area contributed by atoms with Gasteiger partial charge in [0.25, 0.3) is 0 Å². The molecule has 0 radical (unpaired) electrons. The summed E-state index contributed by atoms with van der Waals surface area (Å²) in [6, 6.07) is 20.6. The Hall–Kier alpha value is -1.64. The van der Waals surface area contributed by atoms with Gasteiger partial charge in [-0.25, -0.2) is 0 Å². The molecule has 0 aromatic heterocycles. The van der Waals surface area contributed by atoms with Gasteiger partial charge in [0.2, 0.25) is 0 Å². The molecular weight excluding hydrogens is 284 g/mol. The van der Waals surface area contributed by atoms with E-state index in [4.69, 9.17) is 9.47 Å². The molecule has 0 N–H and O–H groups in total. The van der Waals surface area contributed by atoms with Gasteiger partial charge in [-0.2, -0.15) is 0 Å². The van der Waals surface area contributed by atoms with Gasteiger partial charge in [0.1, 0.15) is 0 Å². The number of hydrogen-bond donors (Lipinski definition) is 0. The van der Waals surface area contributed by atoms with E-state index in [0.717, 1.165) is 12.8 Å². The second kappa shape index (κ2) is 9.49. The Bertz CT molecular complexity index is 493. The van der Waals surface area contributed by atoms with Crippen molar-refractivity contribution in [2.45, 2.75) is 58.5 Å². The normalized spacial score (nSPS) is 11.6. The third-order valence-corrected chi connectivity index (χ3v) is 4.01. The predicted octanol–water partition coefficient (Wildman–Crippen LogP) is 5.72. The maximum atomic E-state index is 6.16. The van der Waals surface area contributed by atoms with Crippen LogP contribution in [0.4, 0.5) is 0 Å². The molecule has 0 saturated carbocycles. The van der Waals surface area contributed by atoms with Crippen LogP contribution in [0.1, 0.15) is 50.7 Å². The van der Waals surface area contributed by atoms with Gasteiger partial charge < -0.3 is 9.47 Å². The maximum Gasteiger partial charge on any atom is 0.166 e. The highest BCUT2D eigenvalue weighted by molar-refractivity contribution is 5.14. The van der Waals surface area contributed by atoms with Crippen LogP contribution in [0.2, 0.25) is 0 Å². The minimum Gasteiger partial charge on any atom is -0.346 e. The lowest BCUT2D eigenvalue weighted by Gasteiger charge is -2.30. The van der Waals surface area contributed by atoms with Crippen molar-refractivity contribution in [3.63, 3.8) is 0 Å². The Morgan fingerprint density at radius 1 is 0.739 bits per heavy atom. The van der Waals surface area contributed by atoms with Crippen LogP contribution in [0.25, 0.3) is 0 Å². The summed E-state index contributed by atoms with van der Waals surface area (Å²) in [5, 5.41) is 0. The molecule has 2 aromatic carbocycles. The SMILES string of the molecule is CCCCCC(C)(OCc1ccccc1)OCc1ccccc1. The topological polar surface area (TPSA) is 18.5 Å². The van der Waals surface area contributed by atoms with E-state index in [1.54, 1.807) is 0 Å². The number of unbranched alkanes of at least 4 members (excludes halogenated alkanes) is 2. The largest absolute Gasteiger partial charge is 0.346 e. The lowest BCUT2D eigenvalue weighted by molar-refractivity contribution is -0.242. The van der Waals surface area contributed by atoms with E-state index >= 15 is 0 Å². The Morgan fingerprint density at radius 2 is 1.22 bits per heavy atom. The molecule has 23 heavy (non-hydrogen) atoms. The van der Waals surface area contributed by atoms with E-state index in [0.29, 0.717) is 13.2 Å². The van der Waals surface area contributed by atoms with E-state index in [9.17, 15) is 0 Å². The van der Waals surface area contributed by atoms with Crippen molar-refractivity contribution < 1.29 is 9.47 Å². The lowest BCUT2D eigenvalue weighted by Crippen LogP contribution is -2.32. The molecule has 2 rings (SSSR count). The zero-order chi connectivity index (χ0) is 16.4. The highest BCUT2D eigenvalue weighted by Crippen LogP contribution is 2.24. The van der Waals surface area contributed by atoms with Crippen LogP contribution >= 0.6 is 0 Å². The monoisotopic (exact) mass is 312 g/mol. The molecule has 0 aliphatic carbocycles. The molecule has 0 spiro atoms. The van der Waals surface area contributed by atoms with Crippen LogP contribution in [-0.4, -0.2) is 5.79 Å². The second-order valence-corrected chi connectivity index (χ2v) is 6.14. The van der Waals surface area contributed by atoms with E-state index in [-0.39, 0.29) is 0 Å². The van der Waals surface area contributed by atoms with Gasteiger partial charge in [-0.05, 0) is 24.5 Å². The first-order valence-corrected chi connectivity index (χ1v) is 8.57. The van der Waals surface area contributed by atoms with Crippen LogP contribution < -0.4 is 0 Å². The van der Waals surface area contributed by atoms with E-state index < -0.39 is 5.79 Å². The zero-order valence-electron chi connectivity index (χ0n) is 14.3. The summed E-state index contributed by atoms with van der Waals surface area (Å²) in [6.45, 7) is 5.44. The molecule has 0 aliphatic rings. The molecule has 0 aliphatic heterocycles. The lowest BCUT2D eigenvalue weighted by atomic mass is 10.1. The van der Waals surface area contributed by atoms with Gasteiger partial charge >= 0.3 is 0 Å². The first-order valence-electron chi connectivity index (χ1n) is 8.57. The fraction of sp³-hybridized carbons (Fsp3) is 0.429. The molecule has 2 heteroatoms. The quantitative estimate of drug-likeness (QED) is 0.413. The summed E-state index contributed by atoms with van der Waals surface area (Å²) in [7, 11) is 0. The fourth-order valence-electron chi connectivity index (χ4n) is 2.50. The van der Waals surface area contributed by atoms with E-state index in [1.165, 1.54) is 24.0 Å². The van der Waals surface area contributed by atoms with E-state index in [2.05, 4.69) is 38.1 Å². The summed E-state index contributed by atoms with van der Waals surface area (Å²) in [5.41, 5.74) is 2.36. The molecule has 124 valence electrons. The third kappa shape index (κ3) is 6.55. The highest BCUT2D eigenvalue weighted by Gasteiger charge is 2.25. The van der Waals surface area contributed by atoms with Crippen molar-refractivity contribution in [1.29, 1.82) is 0 Å². The summed E-state index contributed by atoms with van der Waals surface area (Å²) in [5.74, 6) is -0.541. The van der Waals surface area contributed by atoms with Gasteiger partial charge in [0.15, 0.2) is 5.79 Å².